The van der Waals surface area contributed by atoms with Gasteiger partial charge in [-0.1, -0.05) is 18.2 Å². The highest BCUT2D eigenvalue weighted by molar-refractivity contribution is 9.10. The van der Waals surface area contributed by atoms with Crippen molar-refractivity contribution in [2.24, 2.45) is 0 Å². The Balaban J connectivity index is 2.27. The van der Waals surface area contributed by atoms with Gasteiger partial charge in [0.25, 0.3) is 0 Å². The molecule has 0 aliphatic heterocycles. The van der Waals surface area contributed by atoms with Gasteiger partial charge in [-0.3, -0.25) is 4.57 Å². The number of aromatic nitrogens is 2. The summed E-state index contributed by atoms with van der Waals surface area (Å²) in [7, 11) is 1.66. The van der Waals surface area contributed by atoms with Crippen LogP contribution in [0.5, 0.6) is 5.75 Å². The van der Waals surface area contributed by atoms with Crippen LogP contribution < -0.4 is 4.74 Å². The molecule has 0 atom stereocenters. The number of hydrogen-bond acceptors (Lipinski definition) is 2. The molecule has 2 aromatic carbocycles. The van der Waals surface area contributed by atoms with E-state index >= 15 is 0 Å². The first kappa shape index (κ1) is 11.3. The largest absolute Gasteiger partial charge is 0.497 e. The van der Waals surface area contributed by atoms with Crippen molar-refractivity contribution < 1.29 is 4.74 Å². The first-order valence-electron chi connectivity index (χ1n) is 5.57. The monoisotopic (exact) mass is 302 g/mol. The van der Waals surface area contributed by atoms with Crippen molar-refractivity contribution in [3.63, 3.8) is 0 Å². The maximum Gasteiger partial charge on any atom is 0.182 e. The lowest BCUT2D eigenvalue weighted by molar-refractivity contribution is 0.415. The Kier molecular flexibility index (Phi) is 2.80. The molecule has 0 spiro atoms. The Bertz CT molecular complexity index is 692. The quantitative estimate of drug-likeness (QED) is 0.720. The molecule has 3 rings (SSSR count). The van der Waals surface area contributed by atoms with E-state index in [1.807, 2.05) is 36.4 Å². The van der Waals surface area contributed by atoms with E-state index in [1.54, 1.807) is 7.11 Å². The van der Waals surface area contributed by atoms with Gasteiger partial charge in [-0.25, -0.2) is 4.98 Å². The molecule has 3 nitrogen and oxygen atoms in total. The summed E-state index contributed by atoms with van der Waals surface area (Å²) in [6.07, 6.45) is 0. The van der Waals surface area contributed by atoms with Crippen molar-refractivity contribution in [2.75, 3.05) is 7.11 Å². The van der Waals surface area contributed by atoms with Crippen molar-refractivity contribution in [1.29, 1.82) is 0 Å². The van der Waals surface area contributed by atoms with Gasteiger partial charge in [0.15, 0.2) is 4.73 Å². The Morgan fingerprint density at radius 3 is 2.61 bits per heavy atom. The number of methoxy groups -OCH3 is 1. The van der Waals surface area contributed by atoms with Gasteiger partial charge in [0.05, 0.1) is 18.1 Å². The molecule has 4 heteroatoms. The van der Waals surface area contributed by atoms with Crippen molar-refractivity contribution in [1.82, 2.24) is 9.55 Å². The summed E-state index contributed by atoms with van der Waals surface area (Å²) < 4.78 is 8.07. The van der Waals surface area contributed by atoms with E-state index in [-0.39, 0.29) is 0 Å². The van der Waals surface area contributed by atoms with Gasteiger partial charge >= 0.3 is 0 Å². The maximum absolute atomic E-state index is 5.21. The molecule has 0 saturated heterocycles. The summed E-state index contributed by atoms with van der Waals surface area (Å²) in [6, 6.07) is 16.0. The molecular formula is C14H11BrN2O. The Labute approximate surface area is 113 Å². The summed E-state index contributed by atoms with van der Waals surface area (Å²) in [5.41, 5.74) is 3.04. The first-order valence-corrected chi connectivity index (χ1v) is 6.36. The molecule has 0 bridgehead atoms. The normalized spacial score (nSPS) is 10.8. The first-order chi connectivity index (χ1) is 8.79. The lowest BCUT2D eigenvalue weighted by Crippen LogP contribution is -1.93. The van der Waals surface area contributed by atoms with Crippen LogP contribution in [-0.2, 0) is 0 Å². The lowest BCUT2D eigenvalue weighted by atomic mass is 10.2. The molecule has 0 radical (unpaired) electrons. The zero-order valence-corrected chi connectivity index (χ0v) is 11.4. The smallest absolute Gasteiger partial charge is 0.182 e. The third-order valence-corrected chi connectivity index (χ3v) is 3.37. The van der Waals surface area contributed by atoms with Crippen molar-refractivity contribution in [3.05, 3.63) is 53.3 Å². The standard InChI is InChI=1S/C14H11BrN2O/c1-18-11-7-8-13-12(9-11)16-14(15)17(13)10-5-3-2-4-6-10/h2-9H,1H3. The van der Waals surface area contributed by atoms with Gasteiger partial charge in [-0.05, 0) is 40.2 Å². The number of hydrogen-bond donors (Lipinski definition) is 0. The third-order valence-electron chi connectivity index (χ3n) is 2.84. The van der Waals surface area contributed by atoms with Gasteiger partial charge in [0.1, 0.15) is 5.75 Å². The zero-order valence-electron chi connectivity index (χ0n) is 9.80. The number of benzene rings is 2. The van der Waals surface area contributed by atoms with E-state index < -0.39 is 0 Å². The number of nitrogens with zero attached hydrogens (tertiary/aromatic N) is 2. The minimum absolute atomic E-state index is 0.789. The fraction of sp³-hybridized carbons (Fsp3) is 0.0714. The third kappa shape index (κ3) is 1.78. The van der Waals surface area contributed by atoms with Crippen LogP contribution >= 0.6 is 15.9 Å². The zero-order chi connectivity index (χ0) is 12.5. The Morgan fingerprint density at radius 1 is 1.11 bits per heavy atom. The molecule has 18 heavy (non-hydrogen) atoms. The SMILES string of the molecule is COc1ccc2c(c1)nc(Br)n2-c1ccccc1. The van der Waals surface area contributed by atoms with Crippen molar-refractivity contribution in [3.8, 4) is 11.4 Å². The molecule has 1 heterocycles. The second kappa shape index (κ2) is 4.46. The van der Waals surface area contributed by atoms with Gasteiger partial charge in [-0.2, -0.15) is 0 Å². The number of rotatable bonds is 2. The van der Waals surface area contributed by atoms with Crippen LogP contribution in [0, 0.1) is 0 Å². The topological polar surface area (TPSA) is 27.1 Å². The molecule has 0 N–H and O–H groups in total. The number of para-hydroxylation sites is 1. The highest BCUT2D eigenvalue weighted by atomic mass is 79.9. The summed E-state index contributed by atoms with van der Waals surface area (Å²) in [5.74, 6) is 0.813. The predicted molar refractivity (Wildman–Crippen MR) is 75.3 cm³/mol. The second-order valence-corrected chi connectivity index (χ2v) is 4.62. The molecular weight excluding hydrogens is 292 g/mol. The van der Waals surface area contributed by atoms with Crippen LogP contribution in [0.1, 0.15) is 0 Å². The van der Waals surface area contributed by atoms with E-state index in [2.05, 4.69) is 37.6 Å². The van der Waals surface area contributed by atoms with Gasteiger partial charge in [-0.15, -0.1) is 0 Å². The van der Waals surface area contributed by atoms with E-state index in [4.69, 9.17) is 4.74 Å². The highest BCUT2D eigenvalue weighted by Gasteiger charge is 2.10. The second-order valence-electron chi connectivity index (χ2n) is 3.91. The van der Waals surface area contributed by atoms with E-state index in [1.165, 1.54) is 0 Å². The molecule has 0 aliphatic carbocycles. The molecule has 0 saturated carbocycles. The molecule has 0 amide bonds. The molecule has 0 unspecified atom stereocenters. The van der Waals surface area contributed by atoms with Crippen molar-refractivity contribution in [2.45, 2.75) is 0 Å². The minimum atomic E-state index is 0.789. The summed E-state index contributed by atoms with van der Waals surface area (Å²) in [6.45, 7) is 0. The number of fused-ring (bicyclic) bond motifs is 1. The maximum atomic E-state index is 5.21. The fourth-order valence-electron chi connectivity index (χ4n) is 1.98. The van der Waals surface area contributed by atoms with Crippen LogP contribution in [0.2, 0.25) is 0 Å². The van der Waals surface area contributed by atoms with Crippen molar-refractivity contribution >= 4 is 27.0 Å². The van der Waals surface area contributed by atoms with E-state index in [9.17, 15) is 0 Å². The van der Waals surface area contributed by atoms with Gasteiger partial charge in [0, 0.05) is 11.8 Å². The van der Waals surface area contributed by atoms with E-state index in [0.717, 1.165) is 27.2 Å². The van der Waals surface area contributed by atoms with Crippen LogP contribution in [-0.4, -0.2) is 16.7 Å². The Morgan fingerprint density at radius 2 is 1.89 bits per heavy atom. The van der Waals surface area contributed by atoms with Crippen LogP contribution in [0.3, 0.4) is 0 Å². The number of ether oxygens (including phenoxy) is 1. The average molecular weight is 303 g/mol. The number of imidazole rings is 1. The fourth-order valence-corrected chi connectivity index (χ4v) is 2.57. The average Bonchev–Trinajstić information content (AvgIpc) is 2.74. The molecule has 90 valence electrons. The van der Waals surface area contributed by atoms with E-state index in [0.29, 0.717) is 0 Å². The van der Waals surface area contributed by atoms with Crippen LogP contribution in [0.15, 0.2) is 53.3 Å². The summed E-state index contributed by atoms with van der Waals surface area (Å²) in [4.78, 5) is 4.50. The summed E-state index contributed by atoms with van der Waals surface area (Å²) in [5, 5.41) is 0. The molecule has 0 aliphatic rings. The van der Waals surface area contributed by atoms with Crippen LogP contribution in [0.4, 0.5) is 0 Å². The lowest BCUT2D eigenvalue weighted by Gasteiger charge is -2.05. The molecule has 0 fully saturated rings. The molecule has 3 aromatic rings. The van der Waals surface area contributed by atoms with Gasteiger partial charge in [0.2, 0.25) is 0 Å². The van der Waals surface area contributed by atoms with Crippen LogP contribution in [0.25, 0.3) is 16.7 Å². The molecule has 1 aromatic heterocycles. The number of halogens is 1. The van der Waals surface area contributed by atoms with Gasteiger partial charge < -0.3 is 4.74 Å². The predicted octanol–water partition coefficient (Wildman–Crippen LogP) is 3.80. The highest BCUT2D eigenvalue weighted by Crippen LogP contribution is 2.27. The Hall–Kier alpha value is -1.81. The summed E-state index contributed by atoms with van der Waals surface area (Å²) >= 11 is 3.50. The minimum Gasteiger partial charge on any atom is -0.497 e.